The van der Waals surface area contributed by atoms with Crippen molar-refractivity contribution >= 4 is 18.7 Å². The highest BCUT2D eigenvalue weighted by molar-refractivity contribution is 6.99. The Morgan fingerprint density at radius 1 is 0.917 bits per heavy atom. The lowest BCUT2D eigenvalue weighted by Gasteiger charge is -2.43. The van der Waals surface area contributed by atoms with Gasteiger partial charge >= 0.3 is 0 Å². The Morgan fingerprint density at radius 3 is 1.79 bits per heavy atom. The third-order valence-corrected chi connectivity index (χ3v) is 9.75. The molecule has 3 rings (SSSR count). The van der Waals surface area contributed by atoms with Crippen LogP contribution < -0.4 is 10.4 Å². The number of ether oxygens (including phenoxy) is 1. The molecule has 1 fully saturated rings. The van der Waals surface area contributed by atoms with Crippen LogP contribution in [0.25, 0.3) is 0 Å². The second kappa shape index (κ2) is 6.80. The van der Waals surface area contributed by atoms with Crippen LogP contribution in [0.15, 0.2) is 60.7 Å². The Balaban J connectivity index is 2.04. The molecule has 1 aliphatic rings. The van der Waals surface area contributed by atoms with E-state index < -0.39 is 8.32 Å². The molecule has 0 aliphatic carbocycles. The number of aliphatic hydroxyl groups is 1. The van der Waals surface area contributed by atoms with Crippen LogP contribution in [0.3, 0.4) is 0 Å². The maximum absolute atomic E-state index is 9.23. The fourth-order valence-corrected chi connectivity index (χ4v) is 8.02. The van der Waals surface area contributed by atoms with Crippen LogP contribution in [0.5, 0.6) is 0 Å². The maximum atomic E-state index is 9.23. The van der Waals surface area contributed by atoms with E-state index in [-0.39, 0.29) is 23.9 Å². The summed E-state index contributed by atoms with van der Waals surface area (Å²) in [5.41, 5.74) is 0. The third kappa shape index (κ3) is 3.19. The van der Waals surface area contributed by atoms with E-state index in [1.165, 1.54) is 10.4 Å². The van der Waals surface area contributed by atoms with Crippen LogP contribution in [-0.2, 0) is 9.16 Å². The molecule has 0 saturated carbocycles. The lowest BCUT2D eigenvalue weighted by atomic mass is 10.2. The fraction of sp³-hybridized carbons (Fsp3) is 0.400. The fourth-order valence-electron chi connectivity index (χ4n) is 3.46. The Morgan fingerprint density at radius 2 is 1.42 bits per heavy atom. The number of benzene rings is 2. The molecule has 2 aromatic carbocycles. The first kappa shape index (κ1) is 17.4. The smallest absolute Gasteiger partial charge is 0.261 e. The van der Waals surface area contributed by atoms with Crippen molar-refractivity contribution in [2.75, 3.05) is 13.2 Å². The van der Waals surface area contributed by atoms with Crippen molar-refractivity contribution < 1.29 is 14.3 Å². The van der Waals surface area contributed by atoms with Crippen LogP contribution >= 0.6 is 0 Å². The third-order valence-electron chi connectivity index (χ3n) is 4.75. The van der Waals surface area contributed by atoms with Gasteiger partial charge < -0.3 is 14.3 Å². The van der Waals surface area contributed by atoms with E-state index in [1.807, 2.05) is 12.1 Å². The van der Waals surface area contributed by atoms with Gasteiger partial charge in [-0.25, -0.2) is 0 Å². The van der Waals surface area contributed by atoms with Gasteiger partial charge in [0.2, 0.25) is 0 Å². The predicted molar refractivity (Wildman–Crippen MR) is 99.3 cm³/mol. The summed E-state index contributed by atoms with van der Waals surface area (Å²) in [6.07, 6.45) is -0.0557. The minimum absolute atomic E-state index is 0.0108. The molecule has 2 aromatic rings. The molecule has 4 heteroatoms. The number of rotatable bonds is 6. The average molecular weight is 343 g/mol. The Kier molecular flexibility index (Phi) is 4.92. The first-order valence-corrected chi connectivity index (χ1v) is 10.4. The molecule has 1 heterocycles. The van der Waals surface area contributed by atoms with Crippen molar-refractivity contribution in [3.63, 3.8) is 0 Å². The molecular weight excluding hydrogens is 316 g/mol. The molecule has 1 saturated heterocycles. The Labute approximate surface area is 145 Å². The Bertz CT molecular complexity index is 612. The van der Waals surface area contributed by atoms with Gasteiger partial charge in [0.05, 0.1) is 13.2 Å². The minimum atomic E-state index is -2.48. The summed E-state index contributed by atoms with van der Waals surface area (Å²) in [4.78, 5) is 0. The molecule has 0 unspecified atom stereocenters. The van der Waals surface area contributed by atoms with Gasteiger partial charge in [0, 0.05) is 0 Å². The van der Waals surface area contributed by atoms with Gasteiger partial charge in [0.15, 0.2) is 0 Å². The number of epoxide rings is 1. The quantitative estimate of drug-likeness (QED) is 0.647. The summed E-state index contributed by atoms with van der Waals surface area (Å²) in [6.45, 7) is 7.37. The van der Waals surface area contributed by atoms with Crippen molar-refractivity contribution in [3.05, 3.63) is 60.7 Å². The summed E-state index contributed by atoms with van der Waals surface area (Å²) >= 11 is 0. The van der Waals surface area contributed by atoms with E-state index in [9.17, 15) is 5.11 Å². The van der Waals surface area contributed by atoms with Crippen molar-refractivity contribution in [3.8, 4) is 0 Å². The van der Waals surface area contributed by atoms with Crippen molar-refractivity contribution in [1.82, 2.24) is 0 Å². The summed E-state index contributed by atoms with van der Waals surface area (Å²) in [7, 11) is -2.48. The first-order valence-electron chi connectivity index (χ1n) is 8.50. The monoisotopic (exact) mass is 342 g/mol. The van der Waals surface area contributed by atoms with Crippen LogP contribution in [0.2, 0.25) is 5.04 Å². The predicted octanol–water partition coefficient (Wildman–Crippen LogP) is 2.32. The highest BCUT2D eigenvalue weighted by Crippen LogP contribution is 2.37. The lowest BCUT2D eigenvalue weighted by Crippen LogP contribution is -2.66. The molecule has 24 heavy (non-hydrogen) atoms. The largest absolute Gasteiger partial charge is 0.405 e. The molecule has 0 bridgehead atoms. The van der Waals surface area contributed by atoms with E-state index in [1.54, 1.807) is 0 Å². The maximum Gasteiger partial charge on any atom is 0.261 e. The van der Waals surface area contributed by atoms with Gasteiger partial charge in [-0.05, 0) is 15.4 Å². The molecule has 128 valence electrons. The molecule has 2 atom stereocenters. The van der Waals surface area contributed by atoms with Gasteiger partial charge in [-0.2, -0.15) is 0 Å². The van der Waals surface area contributed by atoms with E-state index in [4.69, 9.17) is 9.16 Å². The molecule has 0 radical (unpaired) electrons. The standard InChI is InChI=1S/C20H26O3Si/c1-20(2,3)24(16-10-6-4-7-11-16,17-12-8-5-9-13-17)22-15-19-18(14-21)23-19/h4-13,18-19,21H,14-15H2,1-3H3/t18-,19+/m1/s1. The van der Waals surface area contributed by atoms with Gasteiger partial charge in [-0.15, -0.1) is 0 Å². The normalized spacial score (nSPS) is 20.8. The zero-order valence-electron chi connectivity index (χ0n) is 14.6. The van der Waals surface area contributed by atoms with Crippen molar-refractivity contribution in [2.45, 2.75) is 38.0 Å². The topological polar surface area (TPSA) is 42.0 Å². The molecular formula is C20H26O3Si. The Hall–Kier alpha value is -1.46. The van der Waals surface area contributed by atoms with Crippen LogP contribution in [0.4, 0.5) is 0 Å². The van der Waals surface area contributed by atoms with Crippen LogP contribution in [0, 0.1) is 0 Å². The van der Waals surface area contributed by atoms with Gasteiger partial charge in [-0.3, -0.25) is 0 Å². The minimum Gasteiger partial charge on any atom is -0.405 e. The van der Waals surface area contributed by atoms with Crippen molar-refractivity contribution in [1.29, 1.82) is 0 Å². The summed E-state index contributed by atoms with van der Waals surface area (Å²) in [5.74, 6) is 0. The van der Waals surface area contributed by atoms with Gasteiger partial charge in [0.1, 0.15) is 12.2 Å². The summed E-state index contributed by atoms with van der Waals surface area (Å²) in [5, 5.41) is 11.7. The second-order valence-electron chi connectivity index (χ2n) is 7.37. The lowest BCUT2D eigenvalue weighted by molar-refractivity contribution is 0.230. The number of aliphatic hydroxyl groups excluding tert-OH is 1. The zero-order valence-corrected chi connectivity index (χ0v) is 15.6. The SMILES string of the molecule is CC(C)(C)[Si](OC[C@@H]1O[C@@H]1CO)(c1ccccc1)c1ccccc1. The zero-order chi connectivity index (χ0) is 17.2. The number of hydrogen-bond donors (Lipinski definition) is 1. The van der Waals surface area contributed by atoms with Crippen LogP contribution in [-0.4, -0.2) is 38.8 Å². The molecule has 0 aromatic heterocycles. The molecule has 0 amide bonds. The average Bonchev–Trinajstić information content (AvgIpc) is 3.35. The van der Waals surface area contributed by atoms with E-state index in [2.05, 4.69) is 69.3 Å². The van der Waals surface area contributed by atoms with Crippen LogP contribution in [0.1, 0.15) is 20.8 Å². The highest BCUT2D eigenvalue weighted by Gasteiger charge is 2.51. The second-order valence-corrected chi connectivity index (χ2v) is 11.7. The van der Waals surface area contributed by atoms with Crippen molar-refractivity contribution in [2.24, 2.45) is 0 Å². The number of hydrogen-bond acceptors (Lipinski definition) is 3. The molecule has 0 spiro atoms. The summed E-state index contributed by atoms with van der Waals surface area (Å²) < 4.78 is 12.2. The van der Waals surface area contributed by atoms with E-state index in [0.717, 1.165) is 0 Å². The molecule has 3 nitrogen and oxygen atoms in total. The summed E-state index contributed by atoms with van der Waals surface area (Å²) in [6, 6.07) is 21.1. The first-order chi connectivity index (χ1) is 11.5. The van der Waals surface area contributed by atoms with Gasteiger partial charge in [0.25, 0.3) is 8.32 Å². The van der Waals surface area contributed by atoms with E-state index in [0.29, 0.717) is 6.61 Å². The van der Waals surface area contributed by atoms with E-state index >= 15 is 0 Å². The molecule has 1 N–H and O–H groups in total. The van der Waals surface area contributed by atoms with Gasteiger partial charge in [-0.1, -0.05) is 81.4 Å². The highest BCUT2D eigenvalue weighted by atomic mass is 28.4. The molecule has 1 aliphatic heterocycles.